The van der Waals surface area contributed by atoms with Crippen molar-refractivity contribution in [2.45, 2.75) is 6.42 Å². The van der Waals surface area contributed by atoms with Crippen molar-refractivity contribution in [2.75, 3.05) is 0 Å². The van der Waals surface area contributed by atoms with Gasteiger partial charge in [0.1, 0.15) is 5.75 Å². The van der Waals surface area contributed by atoms with Crippen LogP contribution in [0.2, 0.25) is 0 Å². The van der Waals surface area contributed by atoms with Crippen LogP contribution in [0.5, 0.6) is 5.75 Å². The fraction of sp³-hybridized carbons (Fsp3) is 0.125. The predicted molar refractivity (Wildman–Crippen MR) is 49.5 cm³/mol. The van der Waals surface area contributed by atoms with Gasteiger partial charge in [0.15, 0.2) is 0 Å². The van der Waals surface area contributed by atoms with E-state index in [1.54, 1.807) is 0 Å². The first kappa shape index (κ1) is 11.5. The van der Waals surface area contributed by atoms with E-state index in [0.717, 1.165) is 0 Å². The van der Waals surface area contributed by atoms with Crippen LogP contribution in [-0.2, 0) is 25.8 Å². The maximum Gasteiger partial charge on any atom is 0.448 e. The summed E-state index contributed by atoms with van der Waals surface area (Å²) in [7, 11) is -4.75. The van der Waals surface area contributed by atoms with Gasteiger partial charge >= 0.3 is 16.4 Å². The fourth-order valence-corrected chi connectivity index (χ4v) is 1.22. The number of phenols is 1. The van der Waals surface area contributed by atoms with Crippen molar-refractivity contribution in [2.24, 2.45) is 0 Å². The summed E-state index contributed by atoms with van der Waals surface area (Å²) in [6, 6.07) is 5.55. The van der Waals surface area contributed by atoms with Gasteiger partial charge in [-0.05, 0) is 17.7 Å². The van der Waals surface area contributed by atoms with Gasteiger partial charge in [0, 0.05) is 0 Å². The van der Waals surface area contributed by atoms with Gasteiger partial charge in [-0.1, -0.05) is 12.1 Å². The fourth-order valence-electron chi connectivity index (χ4n) is 0.927. The van der Waals surface area contributed by atoms with Crippen molar-refractivity contribution in [1.29, 1.82) is 0 Å². The molecule has 1 aromatic rings. The Morgan fingerprint density at radius 3 is 2.27 bits per heavy atom. The Morgan fingerprint density at radius 2 is 1.80 bits per heavy atom. The zero-order chi connectivity index (χ0) is 11.5. The Hall–Kier alpha value is -1.60. The third kappa shape index (κ3) is 4.43. The largest absolute Gasteiger partial charge is 0.508 e. The smallest absolute Gasteiger partial charge is 0.448 e. The molecule has 7 heteroatoms. The summed E-state index contributed by atoms with van der Waals surface area (Å²) in [6.07, 6.45) is -0.305. The number of carbonyl (C=O) groups is 1. The second-order valence-electron chi connectivity index (χ2n) is 2.73. The number of hydrogen-bond donors (Lipinski definition) is 2. The molecular weight excluding hydrogens is 224 g/mol. The van der Waals surface area contributed by atoms with Gasteiger partial charge in [0.25, 0.3) is 0 Å². The summed E-state index contributed by atoms with van der Waals surface area (Å²) in [4.78, 5) is 10.9. The Morgan fingerprint density at radius 1 is 1.27 bits per heavy atom. The van der Waals surface area contributed by atoms with Crippen LogP contribution in [0.1, 0.15) is 5.56 Å². The second-order valence-corrected chi connectivity index (χ2v) is 3.75. The summed E-state index contributed by atoms with van der Waals surface area (Å²) >= 11 is 0. The van der Waals surface area contributed by atoms with E-state index in [2.05, 4.69) is 4.18 Å². The van der Waals surface area contributed by atoms with Crippen LogP contribution in [0.3, 0.4) is 0 Å². The van der Waals surface area contributed by atoms with Gasteiger partial charge in [-0.2, -0.15) is 8.42 Å². The van der Waals surface area contributed by atoms with E-state index in [4.69, 9.17) is 9.66 Å². The maximum absolute atomic E-state index is 10.9. The highest BCUT2D eigenvalue weighted by atomic mass is 32.3. The molecule has 0 atom stereocenters. The van der Waals surface area contributed by atoms with Gasteiger partial charge in [0.05, 0.1) is 6.42 Å². The number of aromatic hydroxyl groups is 1. The zero-order valence-electron chi connectivity index (χ0n) is 7.45. The standard InChI is InChI=1S/C8H8O6S/c9-7-3-1-6(2-4-7)5-8(10)14-15(11,12)13/h1-4,9H,5H2,(H,11,12,13). The molecule has 0 radical (unpaired) electrons. The molecule has 0 unspecified atom stereocenters. The average molecular weight is 232 g/mol. The minimum Gasteiger partial charge on any atom is -0.508 e. The van der Waals surface area contributed by atoms with Gasteiger partial charge in [-0.25, -0.2) is 0 Å². The van der Waals surface area contributed by atoms with Gasteiger partial charge in [-0.15, -0.1) is 0 Å². The third-order valence-electron chi connectivity index (χ3n) is 1.48. The lowest BCUT2D eigenvalue weighted by Gasteiger charge is -2.00. The molecular formula is C8H8O6S. The molecule has 0 fully saturated rings. The molecule has 6 nitrogen and oxygen atoms in total. The van der Waals surface area contributed by atoms with Crippen LogP contribution in [0.15, 0.2) is 24.3 Å². The number of rotatable bonds is 3. The highest BCUT2D eigenvalue weighted by Gasteiger charge is 2.13. The molecule has 82 valence electrons. The van der Waals surface area contributed by atoms with Crippen molar-refractivity contribution in [3.05, 3.63) is 29.8 Å². The van der Waals surface area contributed by atoms with Crippen molar-refractivity contribution >= 4 is 16.4 Å². The lowest BCUT2D eigenvalue weighted by molar-refractivity contribution is -0.133. The molecule has 0 aromatic heterocycles. The highest BCUT2D eigenvalue weighted by molar-refractivity contribution is 7.81. The Balaban J connectivity index is 2.63. The molecule has 0 bridgehead atoms. The molecule has 1 rings (SSSR count). The second kappa shape index (κ2) is 4.28. The predicted octanol–water partition coefficient (Wildman–Crippen LogP) is 0.281. The average Bonchev–Trinajstić information content (AvgIpc) is 2.05. The lowest BCUT2D eigenvalue weighted by Crippen LogP contribution is -2.13. The van der Waals surface area contributed by atoms with Crippen molar-refractivity contribution in [3.8, 4) is 5.75 Å². The molecule has 0 aliphatic heterocycles. The first-order valence-corrected chi connectivity index (χ1v) is 5.21. The van der Waals surface area contributed by atoms with Crippen LogP contribution < -0.4 is 0 Å². The van der Waals surface area contributed by atoms with E-state index < -0.39 is 16.4 Å². The molecule has 0 amide bonds. The molecule has 1 aromatic carbocycles. The summed E-state index contributed by atoms with van der Waals surface area (Å²) in [6.45, 7) is 0. The molecule has 0 aliphatic carbocycles. The minimum absolute atomic E-state index is 0.0295. The Labute approximate surface area is 86.1 Å². The first-order valence-electron chi connectivity index (χ1n) is 3.84. The summed E-state index contributed by atoms with van der Waals surface area (Å²) < 4.78 is 32.2. The van der Waals surface area contributed by atoms with Gasteiger partial charge in [-0.3, -0.25) is 9.35 Å². The van der Waals surface area contributed by atoms with E-state index in [-0.39, 0.29) is 12.2 Å². The van der Waals surface area contributed by atoms with E-state index in [0.29, 0.717) is 5.56 Å². The van der Waals surface area contributed by atoms with Crippen molar-refractivity contribution < 1.29 is 27.1 Å². The van der Waals surface area contributed by atoms with Crippen molar-refractivity contribution in [1.82, 2.24) is 0 Å². The monoisotopic (exact) mass is 232 g/mol. The third-order valence-corrected chi connectivity index (χ3v) is 1.88. The molecule has 15 heavy (non-hydrogen) atoms. The van der Waals surface area contributed by atoms with Crippen LogP contribution >= 0.6 is 0 Å². The molecule has 0 saturated carbocycles. The van der Waals surface area contributed by atoms with Crippen LogP contribution in [0.4, 0.5) is 0 Å². The Bertz CT molecular complexity index is 447. The van der Waals surface area contributed by atoms with Crippen molar-refractivity contribution in [3.63, 3.8) is 0 Å². The quantitative estimate of drug-likeness (QED) is 0.726. The van der Waals surface area contributed by atoms with E-state index in [1.165, 1.54) is 24.3 Å². The SMILES string of the molecule is O=C(Cc1ccc(O)cc1)OS(=O)(=O)O. The first-order chi connectivity index (χ1) is 6.87. The Kier molecular flexibility index (Phi) is 3.28. The maximum atomic E-state index is 10.9. The summed E-state index contributed by atoms with van der Waals surface area (Å²) in [5, 5.41) is 8.93. The number of carbonyl (C=O) groups excluding carboxylic acids is 1. The minimum atomic E-state index is -4.75. The van der Waals surface area contributed by atoms with Crippen LogP contribution in [0.25, 0.3) is 0 Å². The van der Waals surface area contributed by atoms with E-state index in [9.17, 15) is 13.2 Å². The lowest BCUT2D eigenvalue weighted by atomic mass is 10.1. The zero-order valence-corrected chi connectivity index (χ0v) is 8.27. The molecule has 0 aliphatic rings. The summed E-state index contributed by atoms with van der Waals surface area (Å²) in [5.74, 6) is -1.06. The normalized spacial score (nSPS) is 11.0. The van der Waals surface area contributed by atoms with Gasteiger partial charge < -0.3 is 9.29 Å². The van der Waals surface area contributed by atoms with Crippen LogP contribution in [-0.4, -0.2) is 24.0 Å². The molecule has 0 heterocycles. The summed E-state index contributed by atoms with van der Waals surface area (Å²) in [5.41, 5.74) is 0.460. The number of hydrogen-bond acceptors (Lipinski definition) is 5. The molecule has 0 saturated heterocycles. The molecule has 2 N–H and O–H groups in total. The van der Waals surface area contributed by atoms with Gasteiger partial charge in [0.2, 0.25) is 0 Å². The number of benzene rings is 1. The topological polar surface area (TPSA) is 101 Å². The highest BCUT2D eigenvalue weighted by Crippen LogP contribution is 2.10. The molecule has 0 spiro atoms. The van der Waals surface area contributed by atoms with Crippen LogP contribution in [0, 0.1) is 0 Å². The number of phenolic OH excluding ortho intramolecular Hbond substituents is 1. The van der Waals surface area contributed by atoms with E-state index in [1.807, 2.05) is 0 Å². The van der Waals surface area contributed by atoms with E-state index >= 15 is 0 Å².